The number of nitro groups is 1. The van der Waals surface area contributed by atoms with E-state index in [0.29, 0.717) is 26.8 Å². The highest BCUT2D eigenvalue weighted by Gasteiger charge is 2.35. The van der Waals surface area contributed by atoms with Gasteiger partial charge in [0.25, 0.3) is 16.8 Å². The molecule has 3 aromatic carbocycles. The lowest BCUT2D eigenvalue weighted by molar-refractivity contribution is -0.384. The third-order valence-electron chi connectivity index (χ3n) is 4.91. The van der Waals surface area contributed by atoms with Crippen molar-refractivity contribution in [2.75, 3.05) is 0 Å². The number of non-ortho nitro benzene ring substituents is 1. The number of para-hydroxylation sites is 1. The molecule has 2 amide bonds. The van der Waals surface area contributed by atoms with Crippen molar-refractivity contribution in [3.63, 3.8) is 0 Å². The van der Waals surface area contributed by atoms with Crippen LogP contribution in [-0.4, -0.2) is 21.0 Å². The Morgan fingerprint density at radius 1 is 1.00 bits per heavy atom. The first-order chi connectivity index (χ1) is 15.9. The van der Waals surface area contributed by atoms with Crippen LogP contribution < -0.4 is 4.74 Å². The van der Waals surface area contributed by atoms with Gasteiger partial charge in [-0.3, -0.25) is 24.6 Å². The molecule has 1 fully saturated rings. The van der Waals surface area contributed by atoms with Crippen LogP contribution in [0.4, 0.5) is 10.5 Å². The van der Waals surface area contributed by atoms with Gasteiger partial charge in [0.15, 0.2) is 0 Å². The van der Waals surface area contributed by atoms with Crippen molar-refractivity contribution in [1.82, 2.24) is 4.90 Å². The Balaban J connectivity index is 1.50. The van der Waals surface area contributed by atoms with Gasteiger partial charge in [0.05, 0.1) is 16.4 Å². The van der Waals surface area contributed by atoms with E-state index in [-0.39, 0.29) is 24.1 Å². The molecule has 1 saturated heterocycles. The fraction of sp³-hybridized carbons (Fsp3) is 0.0833. The van der Waals surface area contributed by atoms with Crippen molar-refractivity contribution >= 4 is 46.3 Å². The number of thioether (sulfide) groups is 1. The van der Waals surface area contributed by atoms with Gasteiger partial charge in [-0.25, -0.2) is 0 Å². The second-order valence-electron chi connectivity index (χ2n) is 7.11. The lowest BCUT2D eigenvalue weighted by Gasteiger charge is -2.13. The summed E-state index contributed by atoms with van der Waals surface area (Å²) in [5.74, 6) is 0.129. The minimum atomic E-state index is -0.460. The zero-order valence-corrected chi connectivity index (χ0v) is 18.7. The summed E-state index contributed by atoms with van der Waals surface area (Å²) in [5, 5.41) is 10.9. The summed E-state index contributed by atoms with van der Waals surface area (Å²) in [7, 11) is 0. The number of rotatable bonds is 7. The Kier molecular flexibility index (Phi) is 6.76. The van der Waals surface area contributed by atoms with E-state index in [4.69, 9.17) is 16.3 Å². The number of carbonyl (C=O) groups is 2. The highest BCUT2D eigenvalue weighted by molar-refractivity contribution is 8.18. The van der Waals surface area contributed by atoms with Crippen molar-refractivity contribution in [3.8, 4) is 5.75 Å². The van der Waals surface area contributed by atoms with E-state index in [0.717, 1.165) is 22.2 Å². The molecule has 0 N–H and O–H groups in total. The number of ether oxygens (including phenoxy) is 1. The molecule has 0 aliphatic carbocycles. The molecule has 0 bridgehead atoms. The van der Waals surface area contributed by atoms with E-state index in [9.17, 15) is 19.7 Å². The predicted octanol–water partition coefficient (Wildman–Crippen LogP) is 6.06. The van der Waals surface area contributed by atoms with Gasteiger partial charge < -0.3 is 4.74 Å². The van der Waals surface area contributed by atoms with Crippen LogP contribution >= 0.6 is 23.4 Å². The van der Waals surface area contributed by atoms with Gasteiger partial charge in [-0.1, -0.05) is 48.0 Å². The topological polar surface area (TPSA) is 89.7 Å². The average molecular weight is 481 g/mol. The molecule has 7 nitrogen and oxygen atoms in total. The van der Waals surface area contributed by atoms with Gasteiger partial charge in [-0.05, 0) is 53.2 Å². The molecule has 0 spiro atoms. The van der Waals surface area contributed by atoms with Crippen LogP contribution in [-0.2, 0) is 17.9 Å². The highest BCUT2D eigenvalue weighted by atomic mass is 35.5. The number of carbonyl (C=O) groups excluding carboxylic acids is 2. The minimum Gasteiger partial charge on any atom is -0.488 e. The SMILES string of the molecule is O=C1S/C(=C\c2ccccc2OCc2ccc([N+](=O)[O-])cc2)C(=O)N1Cc1ccccc1Cl. The summed E-state index contributed by atoms with van der Waals surface area (Å²) in [4.78, 5) is 37.2. The summed E-state index contributed by atoms with van der Waals surface area (Å²) < 4.78 is 5.88. The third-order valence-corrected chi connectivity index (χ3v) is 6.18. The third kappa shape index (κ3) is 5.24. The monoisotopic (exact) mass is 480 g/mol. The van der Waals surface area contributed by atoms with Crippen molar-refractivity contribution in [3.05, 3.63) is 110 Å². The Bertz CT molecular complexity index is 1260. The van der Waals surface area contributed by atoms with Crippen LogP contribution in [0.2, 0.25) is 5.02 Å². The van der Waals surface area contributed by atoms with E-state index in [1.165, 1.54) is 12.1 Å². The lowest BCUT2D eigenvalue weighted by Crippen LogP contribution is -2.27. The molecule has 3 aromatic rings. The lowest BCUT2D eigenvalue weighted by atomic mass is 10.1. The van der Waals surface area contributed by atoms with Gasteiger partial charge in [-0.15, -0.1) is 0 Å². The number of nitrogens with zero attached hydrogens (tertiary/aromatic N) is 2. The van der Waals surface area contributed by atoms with Gasteiger partial charge in [-0.2, -0.15) is 0 Å². The summed E-state index contributed by atoms with van der Waals surface area (Å²) in [6.07, 6.45) is 1.63. The normalized spacial score (nSPS) is 14.7. The summed E-state index contributed by atoms with van der Waals surface area (Å²) >= 11 is 7.04. The molecule has 0 atom stereocenters. The number of imide groups is 1. The fourth-order valence-corrected chi connectivity index (χ4v) is 4.21. The largest absolute Gasteiger partial charge is 0.488 e. The van der Waals surface area contributed by atoms with Gasteiger partial charge >= 0.3 is 0 Å². The molecule has 0 unspecified atom stereocenters. The Labute approximate surface area is 198 Å². The average Bonchev–Trinajstić information content (AvgIpc) is 3.07. The first-order valence-electron chi connectivity index (χ1n) is 9.86. The molecule has 0 aromatic heterocycles. The van der Waals surface area contributed by atoms with Gasteiger partial charge in [0.2, 0.25) is 0 Å². The first-order valence-corrected chi connectivity index (χ1v) is 11.1. The van der Waals surface area contributed by atoms with Gasteiger partial charge in [0, 0.05) is 22.7 Å². The van der Waals surface area contributed by atoms with E-state index >= 15 is 0 Å². The van der Waals surface area contributed by atoms with E-state index < -0.39 is 10.8 Å². The predicted molar refractivity (Wildman–Crippen MR) is 127 cm³/mol. The molecular weight excluding hydrogens is 464 g/mol. The Hall–Kier alpha value is -3.62. The first kappa shape index (κ1) is 22.6. The maximum absolute atomic E-state index is 12.9. The quantitative estimate of drug-likeness (QED) is 0.232. The highest BCUT2D eigenvalue weighted by Crippen LogP contribution is 2.35. The van der Waals surface area contributed by atoms with Crippen LogP contribution in [0.5, 0.6) is 5.75 Å². The summed E-state index contributed by atoms with van der Waals surface area (Å²) in [6, 6.07) is 20.3. The van der Waals surface area contributed by atoms with Crippen LogP contribution in [0.1, 0.15) is 16.7 Å². The maximum Gasteiger partial charge on any atom is 0.293 e. The molecule has 1 aliphatic heterocycles. The van der Waals surface area contributed by atoms with Crippen LogP contribution in [0.25, 0.3) is 6.08 Å². The molecule has 33 heavy (non-hydrogen) atoms. The Morgan fingerprint density at radius 3 is 2.42 bits per heavy atom. The molecule has 0 saturated carbocycles. The van der Waals surface area contributed by atoms with Crippen molar-refractivity contribution in [2.45, 2.75) is 13.2 Å². The van der Waals surface area contributed by atoms with Crippen molar-refractivity contribution in [2.24, 2.45) is 0 Å². The van der Waals surface area contributed by atoms with Crippen molar-refractivity contribution in [1.29, 1.82) is 0 Å². The number of nitro benzene ring substituents is 1. The number of benzene rings is 3. The summed E-state index contributed by atoms with van der Waals surface area (Å²) in [5.41, 5.74) is 2.10. The van der Waals surface area contributed by atoms with Crippen LogP contribution in [0.3, 0.4) is 0 Å². The molecule has 4 rings (SSSR count). The van der Waals surface area contributed by atoms with Crippen LogP contribution in [0, 0.1) is 10.1 Å². The Morgan fingerprint density at radius 2 is 1.70 bits per heavy atom. The molecule has 9 heteroatoms. The van der Waals surface area contributed by atoms with Gasteiger partial charge in [0.1, 0.15) is 12.4 Å². The minimum absolute atomic E-state index is 0.00617. The zero-order chi connectivity index (χ0) is 23.4. The second kappa shape index (κ2) is 9.89. The van der Waals surface area contributed by atoms with Crippen molar-refractivity contribution < 1.29 is 19.2 Å². The fourth-order valence-electron chi connectivity index (χ4n) is 3.18. The smallest absolute Gasteiger partial charge is 0.293 e. The molecule has 1 heterocycles. The second-order valence-corrected chi connectivity index (χ2v) is 8.51. The molecule has 1 aliphatic rings. The van der Waals surface area contributed by atoms with Crippen LogP contribution in [0.15, 0.2) is 77.7 Å². The standard InChI is InChI=1S/C24H17ClN2O5S/c25-20-7-3-1-6-18(20)14-26-23(28)22(33-24(26)29)13-17-5-2-4-8-21(17)32-15-16-9-11-19(12-10-16)27(30)31/h1-13H,14-15H2/b22-13-. The number of hydrogen-bond acceptors (Lipinski definition) is 6. The zero-order valence-electron chi connectivity index (χ0n) is 17.1. The van der Waals surface area contributed by atoms with E-state index in [1.54, 1.807) is 66.7 Å². The number of amides is 2. The summed E-state index contributed by atoms with van der Waals surface area (Å²) in [6.45, 7) is 0.288. The number of hydrogen-bond donors (Lipinski definition) is 0. The van der Waals surface area contributed by atoms with E-state index in [1.807, 2.05) is 0 Å². The molecule has 0 radical (unpaired) electrons. The molecular formula is C24H17ClN2O5S. The molecule has 166 valence electrons. The maximum atomic E-state index is 12.9. The number of halogens is 1. The van der Waals surface area contributed by atoms with E-state index in [2.05, 4.69) is 0 Å².